The van der Waals surface area contributed by atoms with Gasteiger partial charge in [0.25, 0.3) is 0 Å². The highest BCUT2D eigenvalue weighted by Gasteiger charge is 2.08. The fourth-order valence-corrected chi connectivity index (χ4v) is 1.59. The Morgan fingerprint density at radius 3 is 2.42 bits per heavy atom. The molecule has 0 aliphatic carbocycles. The molecular weight excluding hydrogens is 242 g/mol. The maximum atomic E-state index is 11.2. The maximum absolute atomic E-state index is 11.2. The lowest BCUT2D eigenvalue weighted by atomic mass is 10.1. The zero-order valence-corrected chi connectivity index (χ0v) is 10.9. The Morgan fingerprint density at radius 1 is 1.26 bits per heavy atom. The third-order valence-corrected chi connectivity index (χ3v) is 2.28. The minimum Gasteiger partial charge on any atom is -0.324 e. The molecule has 2 N–H and O–H groups in total. The predicted octanol–water partition coefficient (Wildman–Crippen LogP) is 2.08. The van der Waals surface area contributed by atoms with Gasteiger partial charge in [-0.1, -0.05) is 6.07 Å². The van der Waals surface area contributed by atoms with Gasteiger partial charge in [-0.3, -0.25) is 10.2 Å². The van der Waals surface area contributed by atoms with Crippen molar-refractivity contribution in [3.63, 3.8) is 0 Å². The van der Waals surface area contributed by atoms with E-state index in [0.717, 1.165) is 11.1 Å². The summed E-state index contributed by atoms with van der Waals surface area (Å²) in [5.74, 6) is -0.209. The molecule has 19 heavy (non-hydrogen) atoms. The quantitative estimate of drug-likeness (QED) is 0.637. The number of anilines is 2. The van der Waals surface area contributed by atoms with E-state index in [1.165, 1.54) is 6.92 Å². The number of hydrogen-bond donors (Lipinski definition) is 2. The number of nitrogens with one attached hydrogen (secondary N) is 2. The van der Waals surface area contributed by atoms with Gasteiger partial charge in [0.2, 0.25) is 11.6 Å². The van der Waals surface area contributed by atoms with Crippen molar-refractivity contribution in [2.24, 2.45) is 5.10 Å². The highest BCUT2D eigenvalue weighted by Crippen LogP contribution is 2.27. The second-order valence-corrected chi connectivity index (χ2v) is 3.98. The fraction of sp³-hybridized carbons (Fsp3) is 0.231. The molecule has 0 unspecified atom stereocenters. The first-order chi connectivity index (χ1) is 8.97. The van der Waals surface area contributed by atoms with Crippen molar-refractivity contribution in [2.45, 2.75) is 20.8 Å². The molecule has 0 saturated carbocycles. The number of hydrogen-bond acceptors (Lipinski definition) is 5. The van der Waals surface area contributed by atoms with Crippen LogP contribution in [0.1, 0.15) is 18.1 Å². The summed E-state index contributed by atoms with van der Waals surface area (Å²) in [5, 5.41) is 23.6. The number of aryl methyl sites for hydroxylation is 2. The molecule has 6 heteroatoms. The van der Waals surface area contributed by atoms with Crippen molar-refractivity contribution in [2.75, 3.05) is 10.7 Å². The van der Waals surface area contributed by atoms with Gasteiger partial charge in [0, 0.05) is 6.92 Å². The second kappa shape index (κ2) is 6.18. The van der Waals surface area contributed by atoms with Crippen molar-refractivity contribution in [3.8, 4) is 12.1 Å². The van der Waals surface area contributed by atoms with Crippen LogP contribution in [0.4, 0.5) is 11.4 Å². The first-order valence-electron chi connectivity index (χ1n) is 5.50. The molecule has 0 spiro atoms. The summed E-state index contributed by atoms with van der Waals surface area (Å²) in [5.41, 5.74) is 5.30. The molecule has 1 amide bonds. The SMILES string of the molecule is CC(=O)Nc1c(C)cc(C)cc1NN=C(C#N)C#N. The Labute approximate surface area is 111 Å². The van der Waals surface area contributed by atoms with Crippen LogP contribution in [0.25, 0.3) is 0 Å². The summed E-state index contributed by atoms with van der Waals surface area (Å²) in [4.78, 5) is 11.2. The topological polar surface area (TPSA) is 101 Å². The number of carbonyl (C=O) groups excluding carboxylic acids is 1. The monoisotopic (exact) mass is 255 g/mol. The highest BCUT2D eigenvalue weighted by atomic mass is 16.1. The second-order valence-electron chi connectivity index (χ2n) is 3.98. The fourth-order valence-electron chi connectivity index (χ4n) is 1.59. The molecule has 1 aromatic carbocycles. The summed E-state index contributed by atoms with van der Waals surface area (Å²) in [6.07, 6.45) is 0. The van der Waals surface area contributed by atoms with Crippen LogP contribution in [0.15, 0.2) is 17.2 Å². The standard InChI is InChI=1S/C13H13N5O/c1-8-4-9(2)13(16-10(3)19)12(5-8)18-17-11(6-14)7-15/h4-5,18H,1-3H3,(H,16,19). The Bertz CT molecular complexity index is 603. The normalized spacial score (nSPS) is 8.89. The molecule has 0 aliphatic heterocycles. The van der Waals surface area contributed by atoms with E-state index in [-0.39, 0.29) is 11.6 Å². The summed E-state index contributed by atoms with van der Waals surface area (Å²) < 4.78 is 0. The van der Waals surface area contributed by atoms with E-state index in [9.17, 15) is 4.79 Å². The molecule has 96 valence electrons. The number of nitrogens with zero attached hydrogens (tertiary/aromatic N) is 3. The van der Waals surface area contributed by atoms with Gasteiger partial charge in [0.05, 0.1) is 11.4 Å². The lowest BCUT2D eigenvalue weighted by Gasteiger charge is -2.13. The minimum absolute atomic E-state index is 0.209. The Kier molecular flexibility index (Phi) is 4.62. The zero-order chi connectivity index (χ0) is 14.4. The van der Waals surface area contributed by atoms with E-state index in [1.54, 1.807) is 18.2 Å². The van der Waals surface area contributed by atoms with Gasteiger partial charge in [-0.15, -0.1) is 0 Å². The Morgan fingerprint density at radius 2 is 1.89 bits per heavy atom. The van der Waals surface area contributed by atoms with Crippen LogP contribution in [-0.2, 0) is 4.79 Å². The van der Waals surface area contributed by atoms with Gasteiger partial charge in [-0.2, -0.15) is 15.6 Å². The number of rotatable bonds is 3. The van der Waals surface area contributed by atoms with E-state index < -0.39 is 0 Å². The van der Waals surface area contributed by atoms with Crippen LogP contribution < -0.4 is 10.7 Å². The van der Waals surface area contributed by atoms with Gasteiger partial charge >= 0.3 is 0 Å². The first kappa shape index (κ1) is 14.2. The van der Waals surface area contributed by atoms with Crippen LogP contribution in [0.2, 0.25) is 0 Å². The van der Waals surface area contributed by atoms with E-state index in [4.69, 9.17) is 10.5 Å². The lowest BCUT2D eigenvalue weighted by Crippen LogP contribution is -2.10. The number of carbonyl (C=O) groups is 1. The van der Waals surface area contributed by atoms with Gasteiger partial charge in [0.15, 0.2) is 0 Å². The molecular formula is C13H13N5O. The predicted molar refractivity (Wildman–Crippen MR) is 72.5 cm³/mol. The molecule has 0 saturated heterocycles. The van der Waals surface area contributed by atoms with Crippen LogP contribution in [-0.4, -0.2) is 11.6 Å². The highest BCUT2D eigenvalue weighted by molar-refractivity contribution is 6.10. The third-order valence-electron chi connectivity index (χ3n) is 2.28. The third kappa shape index (κ3) is 3.83. The summed E-state index contributed by atoms with van der Waals surface area (Å²) in [6.45, 7) is 5.15. The van der Waals surface area contributed by atoms with Gasteiger partial charge < -0.3 is 5.32 Å². The van der Waals surface area contributed by atoms with Crippen LogP contribution in [0, 0.1) is 36.5 Å². The first-order valence-corrected chi connectivity index (χ1v) is 5.50. The molecule has 0 bridgehead atoms. The number of nitriles is 2. The van der Waals surface area contributed by atoms with Crippen molar-refractivity contribution < 1.29 is 4.79 Å². The summed E-state index contributed by atoms with van der Waals surface area (Å²) >= 11 is 0. The lowest BCUT2D eigenvalue weighted by molar-refractivity contribution is -0.114. The zero-order valence-electron chi connectivity index (χ0n) is 10.9. The van der Waals surface area contributed by atoms with E-state index in [0.29, 0.717) is 11.4 Å². The van der Waals surface area contributed by atoms with Crippen molar-refractivity contribution in [1.29, 1.82) is 10.5 Å². The van der Waals surface area contributed by atoms with Crippen LogP contribution in [0.3, 0.4) is 0 Å². The maximum Gasteiger partial charge on any atom is 0.237 e. The van der Waals surface area contributed by atoms with Crippen molar-refractivity contribution in [3.05, 3.63) is 23.3 Å². The number of amides is 1. The Balaban J connectivity index is 3.19. The summed E-state index contributed by atoms with van der Waals surface area (Å²) in [7, 11) is 0. The van der Waals surface area contributed by atoms with E-state index >= 15 is 0 Å². The summed E-state index contributed by atoms with van der Waals surface area (Å²) in [6, 6.07) is 6.99. The smallest absolute Gasteiger partial charge is 0.237 e. The van der Waals surface area contributed by atoms with Crippen LogP contribution in [0.5, 0.6) is 0 Å². The van der Waals surface area contributed by atoms with Gasteiger partial charge in [0.1, 0.15) is 12.1 Å². The molecule has 6 nitrogen and oxygen atoms in total. The molecule has 1 aromatic rings. The molecule has 0 radical (unpaired) electrons. The van der Waals surface area contributed by atoms with E-state index in [1.807, 2.05) is 19.9 Å². The number of hydrazone groups is 1. The molecule has 0 aromatic heterocycles. The Hall–Kier alpha value is -2.86. The van der Waals surface area contributed by atoms with Gasteiger partial charge in [-0.05, 0) is 31.0 Å². The molecule has 1 rings (SSSR count). The minimum atomic E-state index is -0.284. The molecule has 0 heterocycles. The molecule has 0 atom stereocenters. The molecule has 0 fully saturated rings. The molecule has 0 aliphatic rings. The van der Waals surface area contributed by atoms with Crippen LogP contribution >= 0.6 is 0 Å². The van der Waals surface area contributed by atoms with Crippen molar-refractivity contribution in [1.82, 2.24) is 0 Å². The van der Waals surface area contributed by atoms with Crippen molar-refractivity contribution >= 4 is 23.0 Å². The average molecular weight is 255 g/mol. The number of benzene rings is 1. The van der Waals surface area contributed by atoms with E-state index in [2.05, 4.69) is 15.8 Å². The average Bonchev–Trinajstić information content (AvgIpc) is 2.34. The largest absolute Gasteiger partial charge is 0.324 e. The van der Waals surface area contributed by atoms with Gasteiger partial charge in [-0.25, -0.2) is 0 Å².